The quantitative estimate of drug-likeness (QED) is 0.699. The standard InChI is InChI=1S/C15H18N2O5S/c1-2-17-23(20,21)12-7-5-11(6-8-12)15(19)16-10-13(18)14-4-3-9-22-14/h3-9,13,17-18H,2,10H2,1H3,(H,16,19). The maximum Gasteiger partial charge on any atom is 0.251 e. The van der Waals surface area contributed by atoms with Crippen LogP contribution in [0.2, 0.25) is 0 Å². The number of furan rings is 1. The summed E-state index contributed by atoms with van der Waals surface area (Å²) in [7, 11) is -3.54. The smallest absolute Gasteiger partial charge is 0.251 e. The van der Waals surface area contributed by atoms with E-state index in [1.165, 1.54) is 30.5 Å². The Bertz CT molecular complexity index is 739. The third-order valence-corrected chi connectivity index (χ3v) is 4.65. The highest BCUT2D eigenvalue weighted by atomic mass is 32.2. The maximum absolute atomic E-state index is 12.0. The van der Waals surface area contributed by atoms with Gasteiger partial charge >= 0.3 is 0 Å². The summed E-state index contributed by atoms with van der Waals surface area (Å²) < 4.78 is 31.0. The molecule has 3 N–H and O–H groups in total. The molecule has 0 aliphatic carbocycles. The van der Waals surface area contributed by atoms with E-state index in [1.807, 2.05) is 0 Å². The molecule has 1 aromatic carbocycles. The van der Waals surface area contributed by atoms with Crippen molar-refractivity contribution in [3.63, 3.8) is 0 Å². The lowest BCUT2D eigenvalue weighted by molar-refractivity contribution is 0.0901. The molecule has 2 rings (SSSR count). The first-order valence-electron chi connectivity index (χ1n) is 7.03. The fraction of sp³-hybridized carbons (Fsp3) is 0.267. The van der Waals surface area contributed by atoms with Crippen molar-refractivity contribution in [3.05, 3.63) is 54.0 Å². The summed E-state index contributed by atoms with van der Waals surface area (Å²) in [5.41, 5.74) is 0.298. The van der Waals surface area contributed by atoms with Crippen LogP contribution in [0.15, 0.2) is 52.0 Å². The molecule has 1 atom stereocenters. The van der Waals surface area contributed by atoms with Crippen molar-refractivity contribution in [1.82, 2.24) is 10.0 Å². The highest BCUT2D eigenvalue weighted by Gasteiger charge is 2.15. The Labute approximate surface area is 134 Å². The minimum atomic E-state index is -3.54. The molecule has 124 valence electrons. The van der Waals surface area contributed by atoms with Gasteiger partial charge in [0.2, 0.25) is 10.0 Å². The average molecular weight is 338 g/mol. The summed E-state index contributed by atoms with van der Waals surface area (Å²) in [5, 5.41) is 12.4. The molecule has 0 spiro atoms. The highest BCUT2D eigenvalue weighted by molar-refractivity contribution is 7.89. The molecule has 0 fully saturated rings. The number of amides is 1. The van der Waals surface area contributed by atoms with Gasteiger partial charge in [-0.05, 0) is 36.4 Å². The van der Waals surface area contributed by atoms with Gasteiger partial charge in [0.15, 0.2) is 0 Å². The number of aliphatic hydroxyl groups is 1. The highest BCUT2D eigenvalue weighted by Crippen LogP contribution is 2.13. The zero-order chi connectivity index (χ0) is 16.9. The van der Waals surface area contributed by atoms with Gasteiger partial charge < -0.3 is 14.8 Å². The number of benzene rings is 1. The molecule has 0 bridgehead atoms. The molecule has 23 heavy (non-hydrogen) atoms. The SMILES string of the molecule is CCNS(=O)(=O)c1ccc(C(=O)NCC(O)c2ccco2)cc1. The van der Waals surface area contributed by atoms with Crippen molar-refractivity contribution in [1.29, 1.82) is 0 Å². The molecule has 1 heterocycles. The third-order valence-electron chi connectivity index (χ3n) is 3.09. The number of carbonyl (C=O) groups is 1. The summed E-state index contributed by atoms with van der Waals surface area (Å²) >= 11 is 0. The van der Waals surface area contributed by atoms with Crippen LogP contribution in [-0.4, -0.2) is 32.5 Å². The molecule has 1 amide bonds. The first-order valence-corrected chi connectivity index (χ1v) is 8.51. The molecular weight excluding hydrogens is 320 g/mol. The Balaban J connectivity index is 1.98. The van der Waals surface area contributed by atoms with Crippen LogP contribution in [0.3, 0.4) is 0 Å². The molecule has 0 aliphatic rings. The van der Waals surface area contributed by atoms with Gasteiger partial charge in [-0.25, -0.2) is 13.1 Å². The van der Waals surface area contributed by atoms with Gasteiger partial charge in [0.05, 0.1) is 17.7 Å². The van der Waals surface area contributed by atoms with Crippen molar-refractivity contribution in [2.24, 2.45) is 0 Å². The van der Waals surface area contributed by atoms with E-state index in [9.17, 15) is 18.3 Å². The summed E-state index contributed by atoms with van der Waals surface area (Å²) in [5.74, 6) is -0.0552. The number of sulfonamides is 1. The van der Waals surface area contributed by atoms with Crippen molar-refractivity contribution < 1.29 is 22.7 Å². The average Bonchev–Trinajstić information content (AvgIpc) is 3.07. The molecule has 0 saturated heterocycles. The number of rotatable bonds is 7. The minimum Gasteiger partial charge on any atom is -0.467 e. The molecule has 0 saturated carbocycles. The Morgan fingerprint density at radius 1 is 1.26 bits per heavy atom. The van der Waals surface area contributed by atoms with Crippen LogP contribution in [-0.2, 0) is 10.0 Å². The normalized spacial score (nSPS) is 12.8. The number of aliphatic hydroxyl groups excluding tert-OH is 1. The van der Waals surface area contributed by atoms with Crippen LogP contribution in [0, 0.1) is 0 Å². The van der Waals surface area contributed by atoms with Gasteiger partial charge in [0, 0.05) is 12.1 Å². The number of carbonyl (C=O) groups excluding carboxylic acids is 1. The molecule has 2 aromatic rings. The van der Waals surface area contributed by atoms with Crippen LogP contribution in [0.1, 0.15) is 29.1 Å². The van der Waals surface area contributed by atoms with Gasteiger partial charge in [0.25, 0.3) is 5.91 Å². The predicted molar refractivity (Wildman–Crippen MR) is 83.3 cm³/mol. The molecular formula is C15H18N2O5S. The largest absolute Gasteiger partial charge is 0.467 e. The van der Waals surface area contributed by atoms with Gasteiger partial charge in [-0.3, -0.25) is 4.79 Å². The fourth-order valence-electron chi connectivity index (χ4n) is 1.93. The molecule has 7 nitrogen and oxygen atoms in total. The first-order chi connectivity index (χ1) is 10.9. The lowest BCUT2D eigenvalue weighted by Crippen LogP contribution is -2.28. The van der Waals surface area contributed by atoms with Gasteiger partial charge in [-0.1, -0.05) is 6.92 Å². The summed E-state index contributed by atoms with van der Waals surface area (Å²) in [4.78, 5) is 12.1. The Kier molecular flexibility index (Phi) is 5.54. The second-order valence-corrected chi connectivity index (χ2v) is 6.53. The maximum atomic E-state index is 12.0. The summed E-state index contributed by atoms with van der Waals surface area (Å²) in [6, 6.07) is 8.80. The zero-order valence-electron chi connectivity index (χ0n) is 12.5. The van der Waals surface area contributed by atoms with E-state index in [2.05, 4.69) is 10.0 Å². The lowest BCUT2D eigenvalue weighted by Gasteiger charge is -2.10. The molecule has 0 radical (unpaired) electrons. The van der Waals surface area contributed by atoms with Crippen LogP contribution in [0.4, 0.5) is 0 Å². The van der Waals surface area contributed by atoms with E-state index in [0.29, 0.717) is 11.3 Å². The van der Waals surface area contributed by atoms with Crippen molar-refractivity contribution in [3.8, 4) is 0 Å². The number of hydrogen-bond donors (Lipinski definition) is 3. The van der Waals surface area contributed by atoms with Crippen molar-refractivity contribution >= 4 is 15.9 Å². The fourth-order valence-corrected chi connectivity index (χ4v) is 2.97. The van der Waals surface area contributed by atoms with Crippen LogP contribution in [0.25, 0.3) is 0 Å². The van der Waals surface area contributed by atoms with Crippen LogP contribution in [0.5, 0.6) is 0 Å². The van der Waals surface area contributed by atoms with E-state index in [0.717, 1.165) is 0 Å². The minimum absolute atomic E-state index is 0.0101. The van der Waals surface area contributed by atoms with Crippen molar-refractivity contribution in [2.45, 2.75) is 17.9 Å². The van der Waals surface area contributed by atoms with Gasteiger partial charge in [-0.15, -0.1) is 0 Å². The number of hydrogen-bond acceptors (Lipinski definition) is 5. The molecule has 0 aliphatic heterocycles. The van der Waals surface area contributed by atoms with E-state index < -0.39 is 22.0 Å². The van der Waals surface area contributed by atoms with Gasteiger partial charge in [-0.2, -0.15) is 0 Å². The second kappa shape index (κ2) is 7.40. The number of nitrogens with one attached hydrogen (secondary N) is 2. The van der Waals surface area contributed by atoms with E-state index in [-0.39, 0.29) is 18.0 Å². The Morgan fingerprint density at radius 2 is 1.96 bits per heavy atom. The zero-order valence-corrected chi connectivity index (χ0v) is 13.3. The third kappa shape index (κ3) is 4.41. The second-order valence-electron chi connectivity index (χ2n) is 4.77. The molecule has 1 unspecified atom stereocenters. The molecule has 8 heteroatoms. The van der Waals surface area contributed by atoms with Gasteiger partial charge in [0.1, 0.15) is 11.9 Å². The summed E-state index contributed by atoms with van der Waals surface area (Å²) in [6.45, 7) is 1.96. The monoisotopic (exact) mass is 338 g/mol. The topological polar surface area (TPSA) is 109 Å². The molecule has 1 aromatic heterocycles. The lowest BCUT2D eigenvalue weighted by atomic mass is 10.2. The van der Waals surface area contributed by atoms with Crippen LogP contribution >= 0.6 is 0 Å². The predicted octanol–water partition coefficient (Wildman–Crippen LogP) is 1.04. The Morgan fingerprint density at radius 3 is 2.52 bits per heavy atom. The van der Waals surface area contributed by atoms with E-state index in [4.69, 9.17) is 4.42 Å². The van der Waals surface area contributed by atoms with E-state index >= 15 is 0 Å². The van der Waals surface area contributed by atoms with Crippen LogP contribution < -0.4 is 10.0 Å². The van der Waals surface area contributed by atoms with E-state index in [1.54, 1.807) is 19.1 Å². The summed E-state index contributed by atoms with van der Waals surface area (Å²) in [6.07, 6.45) is 0.492. The Hall–Kier alpha value is -2.16. The first kappa shape index (κ1) is 17.2. The van der Waals surface area contributed by atoms with Crippen molar-refractivity contribution in [2.75, 3.05) is 13.1 Å².